The van der Waals surface area contributed by atoms with Crippen LogP contribution in [0.4, 0.5) is 10.3 Å². The lowest BCUT2D eigenvalue weighted by molar-refractivity contribution is -0.129. The van der Waals surface area contributed by atoms with Crippen LogP contribution in [0, 0.1) is 5.82 Å². The molecule has 12 heteroatoms. The van der Waals surface area contributed by atoms with Crippen molar-refractivity contribution in [2.24, 2.45) is 5.73 Å². The van der Waals surface area contributed by atoms with Crippen molar-refractivity contribution < 1.29 is 14.0 Å². The molecule has 3 aromatic rings. The molecule has 2 amide bonds. The van der Waals surface area contributed by atoms with E-state index in [-0.39, 0.29) is 18.3 Å². The third-order valence-electron chi connectivity index (χ3n) is 5.68. The average Bonchev–Trinajstić information content (AvgIpc) is 3.27. The molecule has 1 unspecified atom stereocenters. The third-order valence-corrected chi connectivity index (χ3v) is 5.68. The second-order valence-corrected chi connectivity index (χ2v) is 8.24. The summed E-state index contributed by atoms with van der Waals surface area (Å²) in [4.78, 5) is 34.3. The number of hydrogen-bond donors (Lipinski definition) is 1. The molecule has 3 heterocycles. The molecule has 0 saturated carbocycles. The summed E-state index contributed by atoms with van der Waals surface area (Å²) in [6, 6.07) is 5.38. The summed E-state index contributed by atoms with van der Waals surface area (Å²) in [6.07, 6.45) is 4.79. The van der Waals surface area contributed by atoms with E-state index in [1.54, 1.807) is 38.6 Å². The number of benzene rings is 1. The highest BCUT2D eigenvalue weighted by Gasteiger charge is 2.31. The van der Waals surface area contributed by atoms with Gasteiger partial charge >= 0.3 is 0 Å². The van der Waals surface area contributed by atoms with Crippen LogP contribution in [0.25, 0.3) is 11.3 Å². The normalized spacial score (nSPS) is 15.2. The van der Waals surface area contributed by atoms with E-state index in [2.05, 4.69) is 20.3 Å². The third kappa shape index (κ3) is 5.17. The summed E-state index contributed by atoms with van der Waals surface area (Å²) in [5, 5.41) is 12.4. The van der Waals surface area contributed by atoms with Gasteiger partial charge in [0.2, 0.25) is 17.8 Å². The number of hydrogen-bond acceptors (Lipinski definition) is 8. The van der Waals surface area contributed by atoms with E-state index in [9.17, 15) is 14.0 Å². The lowest BCUT2D eigenvalue weighted by atomic mass is 10.1. The first-order valence-corrected chi connectivity index (χ1v) is 10.8. The van der Waals surface area contributed by atoms with Crippen molar-refractivity contribution >= 4 is 17.8 Å². The number of anilines is 1. The van der Waals surface area contributed by atoms with Gasteiger partial charge < -0.3 is 15.5 Å². The summed E-state index contributed by atoms with van der Waals surface area (Å²) in [5.41, 5.74) is 7.72. The molecule has 1 aliphatic heterocycles. The van der Waals surface area contributed by atoms with Gasteiger partial charge in [-0.15, -0.1) is 5.10 Å². The van der Waals surface area contributed by atoms with Crippen LogP contribution in [0.15, 0.2) is 42.9 Å². The van der Waals surface area contributed by atoms with Crippen LogP contribution < -0.4 is 10.6 Å². The van der Waals surface area contributed by atoms with Gasteiger partial charge in [0.1, 0.15) is 18.4 Å². The van der Waals surface area contributed by atoms with Crippen LogP contribution in [0.1, 0.15) is 11.6 Å². The Kier molecular flexibility index (Phi) is 6.77. The number of primary amides is 1. The van der Waals surface area contributed by atoms with Crippen LogP contribution in [-0.4, -0.2) is 86.9 Å². The minimum atomic E-state index is -0.657. The average molecular weight is 468 g/mol. The Bertz CT molecular complexity index is 1160. The van der Waals surface area contributed by atoms with Crippen LogP contribution in [0.5, 0.6) is 0 Å². The van der Waals surface area contributed by atoms with E-state index in [0.29, 0.717) is 43.4 Å². The van der Waals surface area contributed by atoms with Crippen molar-refractivity contribution in [1.82, 2.24) is 34.8 Å². The van der Waals surface area contributed by atoms with E-state index in [4.69, 9.17) is 5.73 Å². The molecule has 0 aliphatic carbocycles. The SMILES string of the molecule is CN(C)C(=O)Cn1cc(C(C(N)=O)N2CCN(c3nncc(-c4ccc(F)cc4)n3)CC2)cn1. The lowest BCUT2D eigenvalue weighted by Crippen LogP contribution is -2.50. The molecule has 11 nitrogen and oxygen atoms in total. The van der Waals surface area contributed by atoms with Gasteiger partial charge in [-0.25, -0.2) is 9.37 Å². The molecule has 178 valence electrons. The first-order valence-electron chi connectivity index (χ1n) is 10.8. The van der Waals surface area contributed by atoms with Gasteiger partial charge in [0, 0.05) is 57.6 Å². The zero-order valence-corrected chi connectivity index (χ0v) is 19.0. The van der Waals surface area contributed by atoms with Crippen LogP contribution in [0.2, 0.25) is 0 Å². The van der Waals surface area contributed by atoms with E-state index in [0.717, 1.165) is 5.56 Å². The Morgan fingerprint density at radius 1 is 1.12 bits per heavy atom. The molecule has 1 aliphatic rings. The quantitative estimate of drug-likeness (QED) is 0.526. The highest BCUT2D eigenvalue weighted by atomic mass is 19.1. The number of carbonyl (C=O) groups excluding carboxylic acids is 2. The smallest absolute Gasteiger partial charge is 0.245 e. The Morgan fingerprint density at radius 2 is 1.82 bits per heavy atom. The van der Waals surface area contributed by atoms with Gasteiger partial charge in [-0.1, -0.05) is 0 Å². The molecule has 0 bridgehead atoms. The van der Waals surface area contributed by atoms with Gasteiger partial charge in [-0.05, 0) is 24.3 Å². The van der Waals surface area contributed by atoms with Gasteiger partial charge in [-0.3, -0.25) is 19.2 Å². The topological polar surface area (TPSA) is 126 Å². The molecule has 2 aromatic heterocycles. The predicted molar refractivity (Wildman–Crippen MR) is 122 cm³/mol. The fourth-order valence-electron chi connectivity index (χ4n) is 3.81. The second kappa shape index (κ2) is 9.91. The Labute approximate surface area is 196 Å². The maximum Gasteiger partial charge on any atom is 0.245 e. The molecule has 1 fully saturated rings. The molecule has 1 atom stereocenters. The van der Waals surface area contributed by atoms with Crippen molar-refractivity contribution in [3.8, 4) is 11.3 Å². The van der Waals surface area contributed by atoms with E-state index in [1.807, 2.05) is 9.80 Å². The lowest BCUT2D eigenvalue weighted by Gasteiger charge is -2.37. The van der Waals surface area contributed by atoms with Crippen LogP contribution in [-0.2, 0) is 16.1 Å². The minimum Gasteiger partial charge on any atom is -0.368 e. The van der Waals surface area contributed by atoms with E-state index in [1.165, 1.54) is 27.9 Å². The first-order chi connectivity index (χ1) is 16.3. The van der Waals surface area contributed by atoms with Gasteiger partial charge in [0.15, 0.2) is 0 Å². The van der Waals surface area contributed by atoms with Crippen molar-refractivity contribution in [1.29, 1.82) is 0 Å². The molecule has 4 rings (SSSR count). The standard InChI is InChI=1S/C22H26FN9O2/c1-29(2)19(33)14-32-13-16(11-26-32)20(21(24)34)30-7-9-31(10-8-30)22-27-18(12-25-28-22)15-3-5-17(23)6-4-15/h3-6,11-13,20H,7-10,14H2,1-2H3,(H2,24,34). The highest BCUT2D eigenvalue weighted by molar-refractivity contribution is 5.81. The Morgan fingerprint density at radius 3 is 2.47 bits per heavy atom. The zero-order valence-electron chi connectivity index (χ0n) is 19.0. The summed E-state index contributed by atoms with van der Waals surface area (Å²) in [6.45, 7) is 2.29. The van der Waals surface area contributed by atoms with Crippen LogP contribution >= 0.6 is 0 Å². The first kappa shape index (κ1) is 23.2. The number of rotatable bonds is 7. The van der Waals surface area contributed by atoms with Crippen molar-refractivity contribution in [3.05, 3.63) is 54.2 Å². The maximum absolute atomic E-state index is 13.2. The van der Waals surface area contributed by atoms with Crippen LogP contribution in [0.3, 0.4) is 0 Å². The number of likely N-dealkylation sites (N-methyl/N-ethyl adjacent to an activating group) is 1. The number of amides is 2. The minimum absolute atomic E-state index is 0.0843. The fourth-order valence-corrected chi connectivity index (χ4v) is 3.81. The van der Waals surface area contributed by atoms with Gasteiger partial charge in [0.05, 0.1) is 18.1 Å². The Hall–Kier alpha value is -3.93. The molecule has 34 heavy (non-hydrogen) atoms. The molecular weight excluding hydrogens is 441 g/mol. The number of aromatic nitrogens is 5. The summed E-state index contributed by atoms with van der Waals surface area (Å²) in [5.74, 6) is -0.438. The molecule has 1 saturated heterocycles. The maximum atomic E-state index is 13.2. The largest absolute Gasteiger partial charge is 0.368 e. The number of carbonyl (C=O) groups is 2. The Balaban J connectivity index is 1.44. The molecule has 1 aromatic carbocycles. The van der Waals surface area contributed by atoms with Crippen molar-refractivity contribution in [3.63, 3.8) is 0 Å². The van der Waals surface area contributed by atoms with Crippen molar-refractivity contribution in [2.75, 3.05) is 45.2 Å². The molecule has 2 N–H and O–H groups in total. The fraction of sp³-hybridized carbons (Fsp3) is 0.364. The molecule has 0 spiro atoms. The number of piperazine rings is 1. The van der Waals surface area contributed by atoms with E-state index >= 15 is 0 Å². The van der Waals surface area contributed by atoms with Gasteiger partial charge in [-0.2, -0.15) is 10.2 Å². The second-order valence-electron chi connectivity index (χ2n) is 8.24. The van der Waals surface area contributed by atoms with Crippen molar-refractivity contribution in [2.45, 2.75) is 12.6 Å². The predicted octanol–water partition coefficient (Wildman–Crippen LogP) is 0.311. The highest BCUT2D eigenvalue weighted by Crippen LogP contribution is 2.24. The number of nitrogens with zero attached hydrogens (tertiary/aromatic N) is 8. The number of nitrogens with two attached hydrogens (primary N) is 1. The summed E-state index contributed by atoms with van der Waals surface area (Å²) in [7, 11) is 3.35. The summed E-state index contributed by atoms with van der Waals surface area (Å²) >= 11 is 0. The summed E-state index contributed by atoms with van der Waals surface area (Å²) < 4.78 is 14.7. The monoisotopic (exact) mass is 467 g/mol. The van der Waals surface area contributed by atoms with Gasteiger partial charge in [0.25, 0.3) is 0 Å². The zero-order chi connectivity index (χ0) is 24.2. The number of halogens is 1. The molecule has 0 radical (unpaired) electrons. The van der Waals surface area contributed by atoms with E-state index < -0.39 is 11.9 Å². The molecular formula is C22H26FN9O2.